The lowest BCUT2D eigenvalue weighted by atomic mass is 10.1. The van der Waals surface area contributed by atoms with Crippen molar-refractivity contribution in [2.45, 2.75) is 20.1 Å². The summed E-state index contributed by atoms with van der Waals surface area (Å²) in [7, 11) is 1.26. The topological polar surface area (TPSA) is 109 Å². The molecule has 0 N–H and O–H groups in total. The van der Waals surface area contributed by atoms with Crippen LogP contribution in [0.1, 0.15) is 21.7 Å². The first-order valence-electron chi connectivity index (χ1n) is 7.72. The Hall–Kier alpha value is -3.49. The van der Waals surface area contributed by atoms with Gasteiger partial charge in [0.05, 0.1) is 13.4 Å². The number of aryl methyl sites for hydroxylation is 1. The van der Waals surface area contributed by atoms with Crippen LogP contribution in [0.3, 0.4) is 0 Å². The SMILES string of the molecule is COC(=O)c1ccoc1COC(=O)Cn1nnc(-c2ccc(C)cc2)n1. The molecule has 0 amide bonds. The third-order valence-electron chi connectivity index (χ3n) is 3.55. The second-order valence-corrected chi connectivity index (χ2v) is 5.42. The van der Waals surface area contributed by atoms with Gasteiger partial charge in [-0.05, 0) is 18.2 Å². The lowest BCUT2D eigenvalue weighted by Gasteiger charge is -2.03. The standard InChI is InChI=1S/C17H16N4O5/c1-11-3-5-12(6-4-11)16-18-20-21(19-16)9-15(22)26-10-14-13(7-8-25-14)17(23)24-2/h3-8H,9-10H2,1-2H3. The zero-order valence-corrected chi connectivity index (χ0v) is 14.2. The highest BCUT2D eigenvalue weighted by atomic mass is 16.5. The molecule has 0 spiro atoms. The second kappa shape index (κ2) is 7.60. The van der Waals surface area contributed by atoms with E-state index in [1.807, 2.05) is 31.2 Å². The minimum absolute atomic E-state index is 0.199. The van der Waals surface area contributed by atoms with Crippen LogP contribution in [0.4, 0.5) is 0 Å². The maximum absolute atomic E-state index is 11.9. The maximum atomic E-state index is 11.9. The number of methoxy groups -OCH3 is 1. The number of carbonyl (C=O) groups excluding carboxylic acids is 2. The molecule has 0 aliphatic rings. The van der Waals surface area contributed by atoms with E-state index in [2.05, 4.69) is 20.1 Å². The van der Waals surface area contributed by atoms with E-state index in [1.54, 1.807) is 0 Å². The van der Waals surface area contributed by atoms with Gasteiger partial charge in [-0.15, -0.1) is 10.2 Å². The summed E-state index contributed by atoms with van der Waals surface area (Å²) in [4.78, 5) is 24.6. The van der Waals surface area contributed by atoms with Crippen molar-refractivity contribution in [1.82, 2.24) is 20.2 Å². The molecule has 0 aliphatic heterocycles. The Morgan fingerprint density at radius 1 is 1.19 bits per heavy atom. The van der Waals surface area contributed by atoms with Gasteiger partial charge in [0.15, 0.2) is 12.3 Å². The van der Waals surface area contributed by atoms with Crippen molar-refractivity contribution < 1.29 is 23.5 Å². The van der Waals surface area contributed by atoms with Crippen LogP contribution in [0.15, 0.2) is 41.0 Å². The molecule has 9 heteroatoms. The van der Waals surface area contributed by atoms with E-state index < -0.39 is 11.9 Å². The van der Waals surface area contributed by atoms with Crippen molar-refractivity contribution in [3.05, 3.63) is 53.5 Å². The minimum atomic E-state index is -0.593. The van der Waals surface area contributed by atoms with E-state index in [0.29, 0.717) is 5.82 Å². The maximum Gasteiger partial charge on any atom is 0.341 e. The van der Waals surface area contributed by atoms with Gasteiger partial charge in [-0.2, -0.15) is 4.80 Å². The Labute approximate surface area is 148 Å². The average Bonchev–Trinajstić information content (AvgIpc) is 3.29. The van der Waals surface area contributed by atoms with Crippen LogP contribution < -0.4 is 0 Å². The van der Waals surface area contributed by atoms with Crippen molar-refractivity contribution in [1.29, 1.82) is 0 Å². The Kier molecular flexibility index (Phi) is 5.07. The predicted octanol–water partition coefficient (Wildman–Crippen LogP) is 1.77. The van der Waals surface area contributed by atoms with Crippen molar-refractivity contribution in [2.24, 2.45) is 0 Å². The number of carbonyl (C=O) groups is 2. The second-order valence-electron chi connectivity index (χ2n) is 5.42. The summed E-state index contributed by atoms with van der Waals surface area (Å²) in [6.07, 6.45) is 1.32. The van der Waals surface area contributed by atoms with Crippen LogP contribution in [-0.2, 0) is 27.4 Å². The number of rotatable bonds is 6. The molecule has 3 aromatic rings. The molecular formula is C17H16N4O5. The molecule has 1 aromatic carbocycles. The van der Waals surface area contributed by atoms with E-state index in [-0.39, 0.29) is 24.5 Å². The molecule has 0 bridgehead atoms. The van der Waals surface area contributed by atoms with Gasteiger partial charge in [0.2, 0.25) is 5.82 Å². The number of nitrogens with zero attached hydrogens (tertiary/aromatic N) is 4. The third kappa shape index (κ3) is 3.94. The van der Waals surface area contributed by atoms with Gasteiger partial charge in [-0.3, -0.25) is 0 Å². The minimum Gasteiger partial charge on any atom is -0.465 e. The molecule has 3 rings (SSSR count). The predicted molar refractivity (Wildman–Crippen MR) is 87.8 cm³/mol. The van der Waals surface area contributed by atoms with Crippen LogP contribution in [0.25, 0.3) is 11.4 Å². The fraction of sp³-hybridized carbons (Fsp3) is 0.235. The van der Waals surface area contributed by atoms with Crippen LogP contribution in [0, 0.1) is 6.92 Å². The van der Waals surface area contributed by atoms with E-state index in [9.17, 15) is 9.59 Å². The molecule has 26 heavy (non-hydrogen) atoms. The van der Waals surface area contributed by atoms with E-state index in [1.165, 1.54) is 19.4 Å². The highest BCUT2D eigenvalue weighted by Gasteiger charge is 2.17. The van der Waals surface area contributed by atoms with Gasteiger partial charge in [0.1, 0.15) is 12.2 Å². The Bertz CT molecular complexity index is 913. The lowest BCUT2D eigenvalue weighted by molar-refractivity contribution is -0.146. The molecule has 0 saturated carbocycles. The number of esters is 2. The van der Waals surface area contributed by atoms with Gasteiger partial charge >= 0.3 is 11.9 Å². The normalized spacial score (nSPS) is 10.5. The number of hydrogen-bond donors (Lipinski definition) is 0. The first kappa shape index (κ1) is 17.3. The lowest BCUT2D eigenvalue weighted by Crippen LogP contribution is -2.16. The summed E-state index contributed by atoms with van der Waals surface area (Å²) in [5.41, 5.74) is 2.13. The smallest absolute Gasteiger partial charge is 0.341 e. The summed E-state index contributed by atoms with van der Waals surface area (Å²) in [5, 5.41) is 11.9. The van der Waals surface area contributed by atoms with Gasteiger partial charge < -0.3 is 13.9 Å². The zero-order valence-electron chi connectivity index (χ0n) is 14.2. The molecular weight excluding hydrogens is 340 g/mol. The highest BCUT2D eigenvalue weighted by Crippen LogP contribution is 2.15. The van der Waals surface area contributed by atoms with Crippen LogP contribution in [0.2, 0.25) is 0 Å². The van der Waals surface area contributed by atoms with E-state index in [4.69, 9.17) is 9.15 Å². The fourth-order valence-corrected chi connectivity index (χ4v) is 2.18. The van der Waals surface area contributed by atoms with Gasteiger partial charge in [0, 0.05) is 5.56 Å². The van der Waals surface area contributed by atoms with Crippen LogP contribution in [-0.4, -0.2) is 39.3 Å². The summed E-state index contributed by atoms with van der Waals surface area (Å²) in [6, 6.07) is 9.07. The number of furan rings is 1. The molecule has 2 heterocycles. The largest absolute Gasteiger partial charge is 0.465 e. The number of benzene rings is 1. The first-order chi connectivity index (χ1) is 12.6. The van der Waals surface area contributed by atoms with Crippen molar-refractivity contribution >= 4 is 11.9 Å². The molecule has 2 aromatic heterocycles. The van der Waals surface area contributed by atoms with Crippen molar-refractivity contribution in [2.75, 3.05) is 7.11 Å². The number of hydrogen-bond acceptors (Lipinski definition) is 8. The molecule has 0 atom stereocenters. The molecule has 0 fully saturated rings. The summed E-state index contributed by atoms with van der Waals surface area (Å²) in [5.74, 6) is -0.538. The number of tetrazole rings is 1. The number of ether oxygens (including phenoxy) is 2. The monoisotopic (exact) mass is 356 g/mol. The quantitative estimate of drug-likeness (QED) is 0.615. The molecule has 0 unspecified atom stereocenters. The van der Waals surface area contributed by atoms with Crippen LogP contribution in [0.5, 0.6) is 0 Å². The molecule has 134 valence electrons. The average molecular weight is 356 g/mol. The summed E-state index contributed by atoms with van der Waals surface area (Å²) < 4.78 is 14.8. The van der Waals surface area contributed by atoms with Gasteiger partial charge in [-0.25, -0.2) is 9.59 Å². The fourth-order valence-electron chi connectivity index (χ4n) is 2.18. The van der Waals surface area contributed by atoms with Crippen molar-refractivity contribution in [3.8, 4) is 11.4 Å². The Morgan fingerprint density at radius 3 is 2.69 bits per heavy atom. The Morgan fingerprint density at radius 2 is 1.96 bits per heavy atom. The first-order valence-corrected chi connectivity index (χ1v) is 7.72. The molecule has 0 saturated heterocycles. The summed E-state index contributed by atoms with van der Waals surface area (Å²) in [6.45, 7) is 1.57. The summed E-state index contributed by atoms with van der Waals surface area (Å²) >= 11 is 0. The van der Waals surface area contributed by atoms with Crippen LogP contribution >= 0.6 is 0 Å². The van der Waals surface area contributed by atoms with Gasteiger partial charge in [-0.1, -0.05) is 29.8 Å². The third-order valence-corrected chi connectivity index (χ3v) is 3.55. The number of aromatic nitrogens is 4. The highest BCUT2D eigenvalue weighted by molar-refractivity contribution is 5.90. The zero-order chi connectivity index (χ0) is 18.5. The molecule has 0 aliphatic carbocycles. The van der Waals surface area contributed by atoms with E-state index >= 15 is 0 Å². The Balaban J connectivity index is 1.58. The van der Waals surface area contributed by atoms with Crippen molar-refractivity contribution in [3.63, 3.8) is 0 Å². The van der Waals surface area contributed by atoms with E-state index in [0.717, 1.165) is 15.9 Å². The molecule has 9 nitrogen and oxygen atoms in total. The van der Waals surface area contributed by atoms with Gasteiger partial charge in [0.25, 0.3) is 0 Å². The molecule has 0 radical (unpaired) electrons.